The molecule has 1 atom stereocenters. The Labute approximate surface area is 123 Å². The molecule has 1 aliphatic heterocycles. The monoisotopic (exact) mass is 306 g/mol. The van der Waals surface area contributed by atoms with Gasteiger partial charge in [0.25, 0.3) is 0 Å². The molecule has 1 aromatic rings. The van der Waals surface area contributed by atoms with E-state index >= 15 is 0 Å². The van der Waals surface area contributed by atoms with Crippen molar-refractivity contribution in [2.75, 3.05) is 18.4 Å². The van der Waals surface area contributed by atoms with Gasteiger partial charge in [-0.05, 0) is 50.9 Å². The van der Waals surface area contributed by atoms with Crippen LogP contribution in [0.5, 0.6) is 0 Å². The lowest BCUT2D eigenvalue weighted by molar-refractivity contribution is 0.343. The van der Waals surface area contributed by atoms with E-state index in [-0.39, 0.29) is 0 Å². The maximum atomic E-state index is 6.17. The molecule has 1 aromatic carbocycles. The summed E-state index contributed by atoms with van der Waals surface area (Å²) in [5, 5.41) is 8.51. The minimum Gasteiger partial charge on any atom is -0.380 e. The second kappa shape index (κ2) is 6.33. The standard InChI is InChI=1S/C13H17Cl3N2/c1-8(9-2-4-17-5-3-9)18-13-11(15)6-10(14)7-12(13)16/h6-9,17-18H,2-5H2,1H3. The molecule has 1 unspecified atom stereocenters. The lowest BCUT2D eigenvalue weighted by Gasteiger charge is -2.30. The SMILES string of the molecule is CC(Nc1c(Cl)cc(Cl)cc1Cl)C1CCNCC1. The number of piperidine rings is 1. The zero-order chi connectivity index (χ0) is 13.1. The van der Waals surface area contributed by atoms with Crippen molar-refractivity contribution in [3.8, 4) is 0 Å². The Kier molecular flexibility index (Phi) is 5.02. The van der Waals surface area contributed by atoms with Gasteiger partial charge in [-0.15, -0.1) is 0 Å². The van der Waals surface area contributed by atoms with Gasteiger partial charge in [0.15, 0.2) is 0 Å². The van der Waals surface area contributed by atoms with Crippen molar-refractivity contribution >= 4 is 40.5 Å². The molecular formula is C13H17Cl3N2. The fraction of sp³-hybridized carbons (Fsp3) is 0.538. The fourth-order valence-electron chi connectivity index (χ4n) is 2.37. The predicted molar refractivity (Wildman–Crippen MR) is 80.2 cm³/mol. The van der Waals surface area contributed by atoms with Crippen molar-refractivity contribution in [1.82, 2.24) is 5.32 Å². The number of benzene rings is 1. The van der Waals surface area contributed by atoms with Crippen molar-refractivity contribution in [2.24, 2.45) is 5.92 Å². The Morgan fingerprint density at radius 3 is 2.28 bits per heavy atom. The number of nitrogens with one attached hydrogen (secondary N) is 2. The number of hydrogen-bond donors (Lipinski definition) is 2. The molecule has 0 aliphatic carbocycles. The summed E-state index contributed by atoms with van der Waals surface area (Å²) in [5.74, 6) is 0.647. The highest BCUT2D eigenvalue weighted by Gasteiger charge is 2.21. The topological polar surface area (TPSA) is 24.1 Å². The molecule has 1 aliphatic rings. The second-order valence-corrected chi connectivity index (χ2v) is 6.02. The molecule has 1 saturated heterocycles. The lowest BCUT2D eigenvalue weighted by Crippen LogP contribution is -2.36. The Balaban J connectivity index is 2.08. The summed E-state index contributed by atoms with van der Waals surface area (Å²) in [6.07, 6.45) is 2.36. The van der Waals surface area contributed by atoms with Crippen LogP contribution in [0.2, 0.25) is 15.1 Å². The number of rotatable bonds is 3. The summed E-state index contributed by atoms with van der Waals surface area (Å²) in [5.41, 5.74) is 0.786. The Morgan fingerprint density at radius 1 is 1.17 bits per heavy atom. The van der Waals surface area contributed by atoms with Crippen LogP contribution in [0.25, 0.3) is 0 Å². The van der Waals surface area contributed by atoms with E-state index in [1.807, 2.05) is 0 Å². The van der Waals surface area contributed by atoms with E-state index < -0.39 is 0 Å². The van der Waals surface area contributed by atoms with Crippen LogP contribution in [0.15, 0.2) is 12.1 Å². The minimum atomic E-state index is 0.350. The van der Waals surface area contributed by atoms with E-state index in [9.17, 15) is 0 Å². The molecule has 1 fully saturated rings. The van der Waals surface area contributed by atoms with Gasteiger partial charge < -0.3 is 10.6 Å². The molecule has 2 N–H and O–H groups in total. The molecule has 0 amide bonds. The molecule has 0 saturated carbocycles. The largest absolute Gasteiger partial charge is 0.380 e. The van der Waals surface area contributed by atoms with Crippen LogP contribution in [0, 0.1) is 5.92 Å². The van der Waals surface area contributed by atoms with E-state index in [1.165, 1.54) is 12.8 Å². The zero-order valence-corrected chi connectivity index (χ0v) is 12.5. The van der Waals surface area contributed by atoms with Gasteiger partial charge in [-0.3, -0.25) is 0 Å². The normalized spacial score (nSPS) is 18.7. The van der Waals surface area contributed by atoms with E-state index in [4.69, 9.17) is 34.8 Å². The smallest absolute Gasteiger partial charge is 0.0722 e. The van der Waals surface area contributed by atoms with Crippen LogP contribution in [0.4, 0.5) is 5.69 Å². The molecule has 5 heteroatoms. The molecule has 1 heterocycles. The van der Waals surface area contributed by atoms with Gasteiger partial charge in [0.2, 0.25) is 0 Å². The maximum absolute atomic E-state index is 6.17. The summed E-state index contributed by atoms with van der Waals surface area (Å²) in [7, 11) is 0. The predicted octanol–water partition coefficient (Wildman–Crippen LogP) is 4.45. The molecule has 2 rings (SSSR count). The van der Waals surface area contributed by atoms with Gasteiger partial charge >= 0.3 is 0 Å². The first-order valence-electron chi connectivity index (χ1n) is 6.19. The Bertz CT molecular complexity index is 394. The van der Waals surface area contributed by atoms with Gasteiger partial charge in [-0.2, -0.15) is 0 Å². The molecule has 0 aromatic heterocycles. The molecule has 2 nitrogen and oxygen atoms in total. The summed E-state index contributed by atoms with van der Waals surface area (Å²) in [6.45, 7) is 4.34. The average molecular weight is 308 g/mol. The zero-order valence-electron chi connectivity index (χ0n) is 10.3. The highest BCUT2D eigenvalue weighted by molar-refractivity contribution is 6.41. The van der Waals surface area contributed by atoms with Gasteiger partial charge in [0.1, 0.15) is 0 Å². The van der Waals surface area contributed by atoms with E-state index in [1.54, 1.807) is 12.1 Å². The highest BCUT2D eigenvalue weighted by atomic mass is 35.5. The summed E-state index contributed by atoms with van der Waals surface area (Å²) in [6, 6.07) is 3.78. The quantitative estimate of drug-likeness (QED) is 0.862. The van der Waals surface area contributed by atoms with Crippen molar-refractivity contribution in [2.45, 2.75) is 25.8 Å². The molecule has 100 valence electrons. The van der Waals surface area contributed by atoms with Crippen LogP contribution in [-0.2, 0) is 0 Å². The molecule has 0 radical (unpaired) electrons. The van der Waals surface area contributed by atoms with Crippen LogP contribution in [0.1, 0.15) is 19.8 Å². The Morgan fingerprint density at radius 2 is 1.72 bits per heavy atom. The van der Waals surface area contributed by atoms with Crippen molar-refractivity contribution in [3.63, 3.8) is 0 Å². The maximum Gasteiger partial charge on any atom is 0.0722 e. The first-order chi connectivity index (χ1) is 8.58. The third kappa shape index (κ3) is 3.45. The number of halogens is 3. The molecule has 0 bridgehead atoms. The molecule has 0 spiro atoms. The average Bonchev–Trinajstić information content (AvgIpc) is 2.34. The van der Waals surface area contributed by atoms with Crippen LogP contribution in [-0.4, -0.2) is 19.1 Å². The first kappa shape index (κ1) is 14.3. The van der Waals surface area contributed by atoms with Gasteiger partial charge in [0.05, 0.1) is 15.7 Å². The lowest BCUT2D eigenvalue weighted by atomic mass is 9.91. The summed E-state index contributed by atoms with van der Waals surface area (Å²) < 4.78 is 0. The molecular weight excluding hydrogens is 291 g/mol. The fourth-order valence-corrected chi connectivity index (χ4v) is 3.30. The number of hydrogen-bond acceptors (Lipinski definition) is 2. The van der Waals surface area contributed by atoms with Crippen LogP contribution >= 0.6 is 34.8 Å². The minimum absolute atomic E-state index is 0.350. The third-order valence-corrected chi connectivity index (χ3v) is 4.28. The second-order valence-electron chi connectivity index (χ2n) is 4.76. The van der Waals surface area contributed by atoms with E-state index in [0.717, 1.165) is 18.8 Å². The van der Waals surface area contributed by atoms with Crippen molar-refractivity contribution < 1.29 is 0 Å². The van der Waals surface area contributed by atoms with E-state index in [0.29, 0.717) is 27.0 Å². The van der Waals surface area contributed by atoms with Gasteiger partial charge in [-0.25, -0.2) is 0 Å². The molecule has 18 heavy (non-hydrogen) atoms. The van der Waals surface area contributed by atoms with E-state index in [2.05, 4.69) is 17.6 Å². The third-order valence-electron chi connectivity index (χ3n) is 3.47. The number of anilines is 1. The summed E-state index contributed by atoms with van der Waals surface area (Å²) in [4.78, 5) is 0. The summed E-state index contributed by atoms with van der Waals surface area (Å²) >= 11 is 18.3. The Hall–Kier alpha value is -0.150. The van der Waals surface area contributed by atoms with Gasteiger partial charge in [0, 0.05) is 11.1 Å². The highest BCUT2D eigenvalue weighted by Crippen LogP contribution is 2.35. The van der Waals surface area contributed by atoms with Crippen molar-refractivity contribution in [3.05, 3.63) is 27.2 Å². The van der Waals surface area contributed by atoms with Crippen LogP contribution < -0.4 is 10.6 Å². The van der Waals surface area contributed by atoms with Gasteiger partial charge in [-0.1, -0.05) is 34.8 Å². The first-order valence-corrected chi connectivity index (χ1v) is 7.33. The van der Waals surface area contributed by atoms with Crippen LogP contribution in [0.3, 0.4) is 0 Å². The van der Waals surface area contributed by atoms with Crippen molar-refractivity contribution in [1.29, 1.82) is 0 Å².